The van der Waals surface area contributed by atoms with Crippen LogP contribution in [0.3, 0.4) is 0 Å². The molecule has 0 spiro atoms. The highest BCUT2D eigenvalue weighted by Gasteiger charge is 2.15. The van der Waals surface area contributed by atoms with Gasteiger partial charge in [-0.3, -0.25) is 4.79 Å². The summed E-state index contributed by atoms with van der Waals surface area (Å²) in [7, 11) is 1.57. The second-order valence-corrected chi connectivity index (χ2v) is 8.53. The van der Waals surface area contributed by atoms with Crippen LogP contribution in [0.2, 0.25) is 0 Å². The molecule has 0 aliphatic heterocycles. The molecule has 0 saturated heterocycles. The van der Waals surface area contributed by atoms with Crippen LogP contribution >= 0.6 is 22.6 Å². The molecule has 30 heavy (non-hydrogen) atoms. The Labute approximate surface area is 188 Å². The van der Waals surface area contributed by atoms with E-state index in [1.807, 2.05) is 36.4 Å². The number of carbonyl (C=O) groups is 1. The molecule has 4 aromatic rings. The smallest absolute Gasteiger partial charge is 0.255 e. The van der Waals surface area contributed by atoms with Crippen LogP contribution in [0.25, 0.3) is 22.6 Å². The third kappa shape index (κ3) is 4.18. The number of hydrogen-bond acceptors (Lipinski definition) is 4. The first-order chi connectivity index (χ1) is 14.4. The molecule has 0 unspecified atom stereocenters. The third-order valence-corrected chi connectivity index (χ3v) is 5.53. The second kappa shape index (κ2) is 8.47. The van der Waals surface area contributed by atoms with Gasteiger partial charge in [-0.05, 0) is 82.6 Å². The number of hydrogen-bond donors (Lipinski definition) is 1. The number of fused-ring (bicyclic) bond motifs is 1. The maximum Gasteiger partial charge on any atom is 0.255 e. The van der Waals surface area contributed by atoms with Crippen LogP contribution in [0.15, 0.2) is 65.1 Å². The molecule has 6 heteroatoms. The molecule has 1 amide bonds. The molecule has 0 atom stereocenters. The minimum absolute atomic E-state index is 0.205. The molecule has 1 aromatic heterocycles. The highest BCUT2D eigenvalue weighted by atomic mass is 127. The fourth-order valence-corrected chi connectivity index (χ4v) is 3.73. The maximum absolute atomic E-state index is 12.7. The van der Waals surface area contributed by atoms with Crippen molar-refractivity contribution in [3.63, 3.8) is 0 Å². The number of halogens is 1. The lowest BCUT2D eigenvalue weighted by Crippen LogP contribution is -2.12. The minimum Gasteiger partial charge on any atom is -0.495 e. The molecule has 0 aliphatic rings. The molecule has 4 rings (SSSR count). The number of nitrogens with one attached hydrogen (secondary N) is 1. The van der Waals surface area contributed by atoms with Gasteiger partial charge in [0.15, 0.2) is 5.58 Å². The summed E-state index contributed by atoms with van der Waals surface area (Å²) in [4.78, 5) is 17.4. The zero-order valence-electron chi connectivity index (χ0n) is 16.9. The van der Waals surface area contributed by atoms with Crippen LogP contribution in [0, 0.1) is 3.57 Å². The van der Waals surface area contributed by atoms with Crippen LogP contribution in [0.4, 0.5) is 5.69 Å². The normalized spacial score (nSPS) is 11.1. The number of benzene rings is 3. The highest BCUT2D eigenvalue weighted by molar-refractivity contribution is 14.1. The lowest BCUT2D eigenvalue weighted by Gasteiger charge is -2.11. The zero-order valence-corrected chi connectivity index (χ0v) is 19.1. The number of nitrogens with zero attached hydrogens (tertiary/aromatic N) is 1. The molecule has 5 nitrogen and oxygen atoms in total. The van der Waals surface area contributed by atoms with E-state index in [1.54, 1.807) is 19.2 Å². The van der Waals surface area contributed by atoms with Gasteiger partial charge < -0.3 is 14.5 Å². The van der Waals surface area contributed by atoms with E-state index >= 15 is 0 Å². The summed E-state index contributed by atoms with van der Waals surface area (Å²) in [6.07, 6.45) is 0. The van der Waals surface area contributed by atoms with E-state index in [1.165, 1.54) is 5.56 Å². The number of oxazole rings is 1. The SMILES string of the molecule is COc1ccc(-c2nc3cc(C(C)C)ccc3o2)cc1NC(=O)c1cccc(I)c1. The van der Waals surface area contributed by atoms with Crippen molar-refractivity contribution in [3.05, 3.63) is 75.4 Å². The molecule has 1 N–H and O–H groups in total. The van der Waals surface area contributed by atoms with Crippen LogP contribution < -0.4 is 10.1 Å². The van der Waals surface area contributed by atoms with E-state index in [4.69, 9.17) is 9.15 Å². The van der Waals surface area contributed by atoms with Gasteiger partial charge in [-0.15, -0.1) is 0 Å². The van der Waals surface area contributed by atoms with Gasteiger partial charge in [0.25, 0.3) is 5.91 Å². The van der Waals surface area contributed by atoms with Crippen molar-refractivity contribution in [2.75, 3.05) is 12.4 Å². The fourth-order valence-electron chi connectivity index (χ4n) is 3.19. The first-order valence-electron chi connectivity index (χ1n) is 9.60. The summed E-state index contributed by atoms with van der Waals surface area (Å²) < 4.78 is 12.4. The number of aromatic nitrogens is 1. The van der Waals surface area contributed by atoms with Crippen LogP contribution in [-0.4, -0.2) is 18.0 Å². The van der Waals surface area contributed by atoms with Gasteiger partial charge in [-0.2, -0.15) is 0 Å². The summed E-state index contributed by atoms with van der Waals surface area (Å²) >= 11 is 2.18. The summed E-state index contributed by atoms with van der Waals surface area (Å²) in [5.74, 6) is 1.27. The van der Waals surface area contributed by atoms with E-state index < -0.39 is 0 Å². The van der Waals surface area contributed by atoms with E-state index in [0.717, 1.165) is 20.2 Å². The van der Waals surface area contributed by atoms with Crippen molar-refractivity contribution in [2.24, 2.45) is 0 Å². The summed E-state index contributed by atoms with van der Waals surface area (Å²) in [5.41, 5.74) is 4.66. The summed E-state index contributed by atoms with van der Waals surface area (Å²) in [5, 5.41) is 2.94. The predicted octanol–water partition coefficient (Wildman–Crippen LogP) is 6.48. The third-order valence-electron chi connectivity index (χ3n) is 4.86. The molecular weight excluding hydrogens is 491 g/mol. The van der Waals surface area contributed by atoms with Crippen molar-refractivity contribution >= 4 is 45.3 Å². The molecule has 1 heterocycles. The molecule has 0 bridgehead atoms. The molecule has 0 radical (unpaired) electrons. The van der Waals surface area contributed by atoms with Crippen LogP contribution in [-0.2, 0) is 0 Å². The number of ether oxygens (including phenoxy) is 1. The van der Waals surface area contributed by atoms with Gasteiger partial charge in [0.05, 0.1) is 12.8 Å². The Balaban J connectivity index is 1.68. The molecule has 3 aromatic carbocycles. The zero-order chi connectivity index (χ0) is 21.3. The lowest BCUT2D eigenvalue weighted by atomic mass is 10.0. The average Bonchev–Trinajstić information content (AvgIpc) is 3.17. The predicted molar refractivity (Wildman–Crippen MR) is 127 cm³/mol. The van der Waals surface area contributed by atoms with Crippen molar-refractivity contribution in [3.8, 4) is 17.2 Å². The summed E-state index contributed by atoms with van der Waals surface area (Å²) in [6, 6.07) is 19.0. The monoisotopic (exact) mass is 512 g/mol. The summed E-state index contributed by atoms with van der Waals surface area (Å²) in [6.45, 7) is 4.29. The molecule has 0 fully saturated rings. The number of amides is 1. The van der Waals surface area contributed by atoms with Gasteiger partial charge >= 0.3 is 0 Å². The average molecular weight is 512 g/mol. The first-order valence-corrected chi connectivity index (χ1v) is 10.7. The number of carbonyl (C=O) groups excluding carboxylic acids is 1. The number of methoxy groups -OCH3 is 1. The Hall–Kier alpha value is -2.87. The van der Waals surface area contributed by atoms with E-state index in [0.29, 0.717) is 28.8 Å². The largest absolute Gasteiger partial charge is 0.495 e. The molecule has 0 saturated carbocycles. The topological polar surface area (TPSA) is 64.4 Å². The van der Waals surface area contributed by atoms with Crippen molar-refractivity contribution in [1.29, 1.82) is 0 Å². The Bertz CT molecular complexity index is 1230. The van der Waals surface area contributed by atoms with Gasteiger partial charge in [-0.1, -0.05) is 26.0 Å². The van der Waals surface area contributed by atoms with Gasteiger partial charge in [-0.25, -0.2) is 4.98 Å². The number of rotatable bonds is 5. The van der Waals surface area contributed by atoms with Gasteiger partial charge in [0.1, 0.15) is 11.3 Å². The first kappa shape index (κ1) is 20.4. The molecule has 152 valence electrons. The van der Waals surface area contributed by atoms with Crippen molar-refractivity contribution in [2.45, 2.75) is 19.8 Å². The Morgan fingerprint density at radius 2 is 1.93 bits per heavy atom. The van der Waals surface area contributed by atoms with E-state index in [2.05, 4.69) is 58.9 Å². The Morgan fingerprint density at radius 3 is 2.67 bits per heavy atom. The van der Waals surface area contributed by atoms with E-state index in [9.17, 15) is 4.79 Å². The highest BCUT2D eigenvalue weighted by Crippen LogP contribution is 2.33. The lowest BCUT2D eigenvalue weighted by molar-refractivity contribution is 0.102. The maximum atomic E-state index is 12.7. The second-order valence-electron chi connectivity index (χ2n) is 7.28. The molecule has 0 aliphatic carbocycles. The van der Waals surface area contributed by atoms with Gasteiger partial charge in [0.2, 0.25) is 5.89 Å². The molecular formula is C24H21IN2O3. The van der Waals surface area contributed by atoms with Crippen LogP contribution in [0.5, 0.6) is 5.75 Å². The Kier molecular flexibility index (Phi) is 5.76. The van der Waals surface area contributed by atoms with Crippen LogP contribution in [0.1, 0.15) is 35.7 Å². The Morgan fingerprint density at radius 1 is 1.10 bits per heavy atom. The van der Waals surface area contributed by atoms with E-state index in [-0.39, 0.29) is 5.91 Å². The standard InChI is InChI=1S/C24H21IN2O3/c1-14(2)15-7-10-22-20(12-15)27-24(30-22)17-8-9-21(29-3)19(13-17)26-23(28)16-5-4-6-18(25)11-16/h4-14H,1-3H3,(H,26,28). The minimum atomic E-state index is -0.205. The fraction of sp³-hybridized carbons (Fsp3) is 0.167. The van der Waals surface area contributed by atoms with Crippen molar-refractivity contribution in [1.82, 2.24) is 4.98 Å². The quantitative estimate of drug-likeness (QED) is 0.311. The number of anilines is 1. The van der Waals surface area contributed by atoms with Gasteiger partial charge in [0, 0.05) is 14.7 Å². The van der Waals surface area contributed by atoms with Crippen molar-refractivity contribution < 1.29 is 13.9 Å².